The first-order valence-corrected chi connectivity index (χ1v) is 7.58. The highest BCUT2D eigenvalue weighted by molar-refractivity contribution is 6.13. The van der Waals surface area contributed by atoms with Crippen molar-refractivity contribution in [1.29, 1.82) is 0 Å². The number of carbonyl (C=O) groups excluding carboxylic acids is 1. The maximum Gasteiger partial charge on any atom is 0.259 e. The maximum atomic E-state index is 12.6. The van der Waals surface area contributed by atoms with E-state index in [-0.39, 0.29) is 17.0 Å². The standard InChI is InChI=1S/C19H18N2O4/c1-24-13-8-6-12(7-9-13)21-19(23)14-10-11-4-3-5-15(25-2)16(11)17(20)18(14)22/h3-10,22H,20H2,1-2H3,(H,21,23). The van der Waals surface area contributed by atoms with E-state index in [2.05, 4.69) is 5.32 Å². The topological polar surface area (TPSA) is 93.8 Å². The Morgan fingerprint density at radius 2 is 1.80 bits per heavy atom. The van der Waals surface area contributed by atoms with Crippen molar-refractivity contribution in [2.75, 3.05) is 25.3 Å². The van der Waals surface area contributed by atoms with Crippen LogP contribution in [0.4, 0.5) is 11.4 Å². The number of nitrogens with one attached hydrogen (secondary N) is 1. The van der Waals surface area contributed by atoms with Crippen molar-refractivity contribution >= 4 is 28.1 Å². The number of rotatable bonds is 4. The zero-order valence-electron chi connectivity index (χ0n) is 13.9. The van der Waals surface area contributed by atoms with Crippen molar-refractivity contribution in [2.24, 2.45) is 0 Å². The number of benzene rings is 3. The van der Waals surface area contributed by atoms with Gasteiger partial charge in [-0.25, -0.2) is 0 Å². The number of methoxy groups -OCH3 is 2. The van der Waals surface area contributed by atoms with E-state index in [1.807, 2.05) is 0 Å². The molecule has 0 spiro atoms. The predicted octanol–water partition coefficient (Wildman–Crippen LogP) is 3.40. The van der Waals surface area contributed by atoms with Crippen molar-refractivity contribution in [3.63, 3.8) is 0 Å². The highest BCUT2D eigenvalue weighted by atomic mass is 16.5. The Morgan fingerprint density at radius 3 is 2.44 bits per heavy atom. The van der Waals surface area contributed by atoms with Gasteiger partial charge in [-0.2, -0.15) is 0 Å². The van der Waals surface area contributed by atoms with E-state index in [4.69, 9.17) is 15.2 Å². The second kappa shape index (κ2) is 6.60. The quantitative estimate of drug-likeness (QED) is 0.501. The third-order valence-corrected chi connectivity index (χ3v) is 3.95. The van der Waals surface area contributed by atoms with Crippen LogP contribution in [0.3, 0.4) is 0 Å². The van der Waals surface area contributed by atoms with E-state index in [0.29, 0.717) is 28.0 Å². The Morgan fingerprint density at radius 1 is 1.08 bits per heavy atom. The lowest BCUT2D eigenvalue weighted by molar-refractivity contribution is 0.102. The minimum absolute atomic E-state index is 0.0917. The summed E-state index contributed by atoms with van der Waals surface area (Å²) < 4.78 is 10.4. The summed E-state index contributed by atoms with van der Waals surface area (Å²) in [5.41, 5.74) is 6.81. The van der Waals surface area contributed by atoms with Crippen LogP contribution >= 0.6 is 0 Å². The van der Waals surface area contributed by atoms with Gasteiger partial charge in [0.15, 0.2) is 5.75 Å². The molecule has 128 valence electrons. The summed E-state index contributed by atoms with van der Waals surface area (Å²) in [7, 11) is 3.09. The van der Waals surface area contributed by atoms with Gasteiger partial charge < -0.3 is 25.6 Å². The van der Waals surface area contributed by atoms with Crippen molar-refractivity contribution in [3.8, 4) is 17.2 Å². The number of ether oxygens (including phenoxy) is 2. The molecule has 0 radical (unpaired) electrons. The Labute approximate surface area is 144 Å². The second-order valence-corrected chi connectivity index (χ2v) is 5.43. The highest BCUT2D eigenvalue weighted by Crippen LogP contribution is 2.39. The van der Waals surface area contributed by atoms with Crippen LogP contribution < -0.4 is 20.5 Å². The van der Waals surface area contributed by atoms with Crippen molar-refractivity contribution in [1.82, 2.24) is 0 Å². The summed E-state index contributed by atoms with van der Waals surface area (Å²) in [6.45, 7) is 0. The molecule has 3 rings (SSSR count). The molecular weight excluding hydrogens is 320 g/mol. The van der Waals surface area contributed by atoms with Gasteiger partial charge in [-0.1, -0.05) is 12.1 Å². The number of nitrogens with two attached hydrogens (primary N) is 1. The second-order valence-electron chi connectivity index (χ2n) is 5.43. The average molecular weight is 338 g/mol. The third kappa shape index (κ3) is 3.01. The Kier molecular flexibility index (Phi) is 4.35. The zero-order chi connectivity index (χ0) is 18.0. The van der Waals surface area contributed by atoms with E-state index >= 15 is 0 Å². The molecule has 0 aromatic heterocycles. The Balaban J connectivity index is 2.00. The van der Waals surface area contributed by atoms with Gasteiger partial charge >= 0.3 is 0 Å². The van der Waals surface area contributed by atoms with Gasteiger partial charge in [0.2, 0.25) is 0 Å². The molecule has 25 heavy (non-hydrogen) atoms. The molecule has 0 saturated heterocycles. The lowest BCUT2D eigenvalue weighted by Gasteiger charge is -2.13. The molecule has 0 heterocycles. The van der Waals surface area contributed by atoms with Gasteiger partial charge in [0.25, 0.3) is 5.91 Å². The van der Waals surface area contributed by atoms with Gasteiger partial charge in [0, 0.05) is 5.69 Å². The molecule has 3 aromatic rings. The molecule has 6 nitrogen and oxygen atoms in total. The summed E-state index contributed by atoms with van der Waals surface area (Å²) in [6.07, 6.45) is 0. The number of amides is 1. The van der Waals surface area contributed by atoms with Crippen LogP contribution in [0.2, 0.25) is 0 Å². The Hall–Kier alpha value is -3.41. The summed E-state index contributed by atoms with van der Waals surface area (Å²) in [5, 5.41) is 14.4. The minimum Gasteiger partial charge on any atom is -0.505 e. The third-order valence-electron chi connectivity index (χ3n) is 3.95. The smallest absolute Gasteiger partial charge is 0.259 e. The number of carbonyl (C=O) groups is 1. The Bertz CT molecular complexity index is 936. The predicted molar refractivity (Wildman–Crippen MR) is 97.5 cm³/mol. The number of fused-ring (bicyclic) bond motifs is 1. The van der Waals surface area contributed by atoms with Gasteiger partial charge in [-0.05, 0) is 41.8 Å². The molecule has 4 N–H and O–H groups in total. The van der Waals surface area contributed by atoms with E-state index < -0.39 is 5.91 Å². The number of phenols is 1. The lowest BCUT2D eigenvalue weighted by Crippen LogP contribution is -2.13. The first kappa shape index (κ1) is 16.4. The summed E-state index contributed by atoms with van der Waals surface area (Å²) in [6, 6.07) is 13.8. The molecule has 0 fully saturated rings. The van der Waals surface area contributed by atoms with E-state index in [1.165, 1.54) is 7.11 Å². The number of hydrogen-bond acceptors (Lipinski definition) is 5. The molecule has 0 aliphatic carbocycles. The van der Waals surface area contributed by atoms with E-state index in [1.54, 1.807) is 55.6 Å². The summed E-state index contributed by atoms with van der Waals surface area (Å²) in [5.74, 6) is 0.484. The van der Waals surface area contributed by atoms with Crippen LogP contribution in [0.5, 0.6) is 17.2 Å². The molecule has 0 unspecified atom stereocenters. The maximum absolute atomic E-state index is 12.6. The van der Waals surface area contributed by atoms with Crippen LogP contribution in [-0.2, 0) is 0 Å². The number of nitrogen functional groups attached to an aromatic ring is 1. The van der Waals surface area contributed by atoms with Gasteiger partial charge in [-0.15, -0.1) is 0 Å². The number of aromatic hydroxyl groups is 1. The summed E-state index contributed by atoms with van der Waals surface area (Å²) in [4.78, 5) is 12.6. The lowest BCUT2D eigenvalue weighted by atomic mass is 10.0. The zero-order valence-corrected chi connectivity index (χ0v) is 13.9. The van der Waals surface area contributed by atoms with Crippen molar-refractivity contribution in [2.45, 2.75) is 0 Å². The van der Waals surface area contributed by atoms with Crippen LogP contribution in [0.25, 0.3) is 10.8 Å². The van der Waals surface area contributed by atoms with Crippen molar-refractivity contribution < 1.29 is 19.4 Å². The molecule has 0 aliphatic heterocycles. The van der Waals surface area contributed by atoms with Crippen LogP contribution in [0.15, 0.2) is 48.5 Å². The number of anilines is 2. The normalized spacial score (nSPS) is 10.5. The fourth-order valence-corrected chi connectivity index (χ4v) is 2.66. The molecule has 3 aromatic carbocycles. The first-order chi connectivity index (χ1) is 12.0. The van der Waals surface area contributed by atoms with Crippen LogP contribution in [0, 0.1) is 0 Å². The van der Waals surface area contributed by atoms with Gasteiger partial charge in [0.05, 0.1) is 30.9 Å². The van der Waals surface area contributed by atoms with E-state index in [9.17, 15) is 9.90 Å². The fourth-order valence-electron chi connectivity index (χ4n) is 2.66. The number of phenolic OH excluding ortho intramolecular Hbond substituents is 1. The van der Waals surface area contributed by atoms with E-state index in [0.717, 1.165) is 0 Å². The van der Waals surface area contributed by atoms with Gasteiger partial charge in [0.1, 0.15) is 11.5 Å². The SMILES string of the molecule is COc1ccc(NC(=O)c2cc3cccc(OC)c3c(N)c2O)cc1. The highest BCUT2D eigenvalue weighted by Gasteiger charge is 2.18. The van der Waals surface area contributed by atoms with Crippen LogP contribution in [0.1, 0.15) is 10.4 Å². The monoisotopic (exact) mass is 338 g/mol. The van der Waals surface area contributed by atoms with Crippen molar-refractivity contribution in [3.05, 3.63) is 54.1 Å². The number of hydrogen-bond donors (Lipinski definition) is 3. The molecule has 0 atom stereocenters. The molecule has 6 heteroatoms. The molecule has 1 amide bonds. The minimum atomic E-state index is -0.459. The van der Waals surface area contributed by atoms with Gasteiger partial charge in [-0.3, -0.25) is 4.79 Å². The average Bonchev–Trinajstić information content (AvgIpc) is 2.64. The largest absolute Gasteiger partial charge is 0.505 e. The summed E-state index contributed by atoms with van der Waals surface area (Å²) >= 11 is 0. The first-order valence-electron chi connectivity index (χ1n) is 7.58. The molecule has 0 saturated carbocycles. The van der Waals surface area contributed by atoms with Crippen LogP contribution in [-0.4, -0.2) is 25.2 Å². The fraction of sp³-hybridized carbons (Fsp3) is 0.105. The molecule has 0 bridgehead atoms. The molecular formula is C19H18N2O4. The molecule has 0 aliphatic rings.